The minimum atomic E-state index is 0.851. The summed E-state index contributed by atoms with van der Waals surface area (Å²) >= 11 is 1.56. The van der Waals surface area contributed by atoms with E-state index in [2.05, 4.69) is 16.4 Å². The van der Waals surface area contributed by atoms with Gasteiger partial charge in [-0.25, -0.2) is 0 Å². The van der Waals surface area contributed by atoms with Crippen molar-refractivity contribution in [3.63, 3.8) is 0 Å². The van der Waals surface area contributed by atoms with E-state index in [-0.39, 0.29) is 0 Å². The van der Waals surface area contributed by atoms with Gasteiger partial charge in [0.2, 0.25) is 0 Å². The van der Waals surface area contributed by atoms with E-state index in [1.807, 2.05) is 25.3 Å². The van der Waals surface area contributed by atoms with Crippen LogP contribution in [-0.4, -0.2) is 4.98 Å². The second kappa shape index (κ2) is 3.18. The number of thiophene rings is 1. The van der Waals surface area contributed by atoms with E-state index in [9.17, 15) is 0 Å². The van der Waals surface area contributed by atoms with E-state index >= 15 is 0 Å². The lowest BCUT2D eigenvalue weighted by molar-refractivity contribution is 1.20. The Kier molecular flexibility index (Phi) is 2.02. The van der Waals surface area contributed by atoms with Crippen molar-refractivity contribution in [1.29, 1.82) is 0 Å². The van der Waals surface area contributed by atoms with Crippen molar-refractivity contribution >= 4 is 16.3 Å². The molecule has 2 N–H and O–H groups in total. The van der Waals surface area contributed by atoms with Gasteiger partial charge in [-0.2, -0.15) is 0 Å². The number of anilines is 1. The first-order valence-electron chi connectivity index (χ1n) is 4.03. The summed E-state index contributed by atoms with van der Waals surface area (Å²) in [6.45, 7) is 1.99. The Labute approximate surface area is 81.1 Å². The Morgan fingerprint density at radius 1 is 1.31 bits per heavy atom. The number of hydrogen-bond donors (Lipinski definition) is 1. The molecule has 3 heteroatoms. The zero-order valence-corrected chi connectivity index (χ0v) is 8.14. The normalized spacial score (nSPS) is 10.2. The van der Waals surface area contributed by atoms with Crippen LogP contribution in [0.2, 0.25) is 0 Å². The quantitative estimate of drug-likeness (QED) is 0.751. The lowest BCUT2D eigenvalue weighted by Gasteiger charge is -1.97. The van der Waals surface area contributed by atoms with Crippen LogP contribution in [0.5, 0.6) is 0 Å². The van der Waals surface area contributed by atoms with E-state index in [1.165, 1.54) is 11.1 Å². The van der Waals surface area contributed by atoms with Gasteiger partial charge in [0.25, 0.3) is 0 Å². The fourth-order valence-corrected chi connectivity index (χ4v) is 1.89. The van der Waals surface area contributed by atoms with Crippen LogP contribution in [0.3, 0.4) is 0 Å². The van der Waals surface area contributed by atoms with Gasteiger partial charge in [-0.15, -0.1) is 11.3 Å². The fraction of sp³-hybridized carbons (Fsp3) is 0.100. The SMILES string of the molecule is Cc1cc(-c2csc(N)c2)ccn1. The molecule has 0 aromatic carbocycles. The maximum absolute atomic E-state index is 5.66. The molecule has 0 aliphatic rings. The molecule has 0 atom stereocenters. The Hall–Kier alpha value is -1.35. The van der Waals surface area contributed by atoms with E-state index in [0.717, 1.165) is 10.7 Å². The van der Waals surface area contributed by atoms with Gasteiger partial charge in [-0.3, -0.25) is 4.98 Å². The molecule has 0 bridgehead atoms. The van der Waals surface area contributed by atoms with Gasteiger partial charge in [0.1, 0.15) is 0 Å². The predicted molar refractivity (Wildman–Crippen MR) is 56.7 cm³/mol. The first-order valence-corrected chi connectivity index (χ1v) is 4.91. The van der Waals surface area contributed by atoms with E-state index in [1.54, 1.807) is 11.3 Å². The molecule has 0 saturated heterocycles. The topological polar surface area (TPSA) is 38.9 Å². The lowest BCUT2D eigenvalue weighted by Crippen LogP contribution is -1.81. The Bertz CT molecular complexity index is 420. The van der Waals surface area contributed by atoms with Crippen molar-refractivity contribution in [1.82, 2.24) is 4.98 Å². The number of pyridine rings is 1. The second-order valence-corrected chi connectivity index (χ2v) is 3.87. The molecule has 2 aromatic heterocycles. The monoisotopic (exact) mass is 190 g/mol. The highest BCUT2D eigenvalue weighted by Gasteiger charge is 1.99. The minimum Gasteiger partial charge on any atom is -0.391 e. The first kappa shape index (κ1) is 8.26. The average Bonchev–Trinajstić information content (AvgIpc) is 2.52. The zero-order chi connectivity index (χ0) is 9.26. The Morgan fingerprint density at radius 3 is 2.77 bits per heavy atom. The molecule has 2 nitrogen and oxygen atoms in total. The standard InChI is InChI=1S/C10H10N2S/c1-7-4-8(2-3-12-7)9-5-10(11)13-6-9/h2-6H,11H2,1H3. The largest absolute Gasteiger partial charge is 0.391 e. The summed E-state index contributed by atoms with van der Waals surface area (Å²) in [6.07, 6.45) is 1.82. The van der Waals surface area contributed by atoms with Crippen molar-refractivity contribution in [2.24, 2.45) is 0 Å². The van der Waals surface area contributed by atoms with Crippen molar-refractivity contribution < 1.29 is 0 Å². The van der Waals surface area contributed by atoms with Crippen molar-refractivity contribution in [3.05, 3.63) is 35.5 Å². The van der Waals surface area contributed by atoms with Gasteiger partial charge in [-0.05, 0) is 36.2 Å². The Morgan fingerprint density at radius 2 is 2.15 bits per heavy atom. The molecule has 0 aliphatic heterocycles. The molecule has 0 radical (unpaired) electrons. The summed E-state index contributed by atoms with van der Waals surface area (Å²) in [4.78, 5) is 4.14. The van der Waals surface area contributed by atoms with Crippen LogP contribution in [0.1, 0.15) is 5.69 Å². The number of nitrogens with two attached hydrogens (primary N) is 1. The van der Waals surface area contributed by atoms with E-state index in [4.69, 9.17) is 5.73 Å². The third-order valence-corrected chi connectivity index (χ3v) is 2.61. The number of hydrogen-bond acceptors (Lipinski definition) is 3. The number of rotatable bonds is 1. The maximum atomic E-state index is 5.66. The number of nitrogens with zero attached hydrogens (tertiary/aromatic N) is 1. The molecule has 0 spiro atoms. The highest BCUT2D eigenvalue weighted by atomic mass is 32.1. The van der Waals surface area contributed by atoms with E-state index in [0.29, 0.717) is 0 Å². The molecule has 0 saturated carbocycles. The third kappa shape index (κ3) is 1.70. The molecule has 0 aliphatic carbocycles. The van der Waals surface area contributed by atoms with Gasteiger partial charge in [0.15, 0.2) is 0 Å². The van der Waals surface area contributed by atoms with Crippen molar-refractivity contribution in [2.45, 2.75) is 6.92 Å². The maximum Gasteiger partial charge on any atom is 0.0862 e. The second-order valence-electron chi connectivity index (χ2n) is 2.92. The van der Waals surface area contributed by atoms with Crippen molar-refractivity contribution in [3.8, 4) is 11.1 Å². The molecule has 0 fully saturated rings. The molecular formula is C10H10N2S. The van der Waals surface area contributed by atoms with E-state index < -0.39 is 0 Å². The average molecular weight is 190 g/mol. The van der Waals surface area contributed by atoms with Crippen LogP contribution in [-0.2, 0) is 0 Å². The summed E-state index contributed by atoms with van der Waals surface area (Å²) in [5.41, 5.74) is 9.04. The number of aryl methyl sites for hydroxylation is 1. The van der Waals surface area contributed by atoms with Gasteiger partial charge in [-0.1, -0.05) is 0 Å². The van der Waals surface area contributed by atoms with Crippen LogP contribution in [0.25, 0.3) is 11.1 Å². The zero-order valence-electron chi connectivity index (χ0n) is 7.32. The van der Waals surface area contributed by atoms with Crippen LogP contribution in [0.4, 0.5) is 5.00 Å². The molecule has 13 heavy (non-hydrogen) atoms. The number of aromatic nitrogens is 1. The predicted octanol–water partition coefficient (Wildman–Crippen LogP) is 2.70. The van der Waals surface area contributed by atoms with Gasteiger partial charge in [0, 0.05) is 17.3 Å². The summed E-state index contributed by atoms with van der Waals surface area (Å²) < 4.78 is 0. The van der Waals surface area contributed by atoms with Gasteiger partial charge < -0.3 is 5.73 Å². The highest BCUT2D eigenvalue weighted by molar-refractivity contribution is 7.14. The van der Waals surface area contributed by atoms with Crippen LogP contribution >= 0.6 is 11.3 Å². The van der Waals surface area contributed by atoms with Crippen LogP contribution < -0.4 is 5.73 Å². The smallest absolute Gasteiger partial charge is 0.0862 e. The third-order valence-electron chi connectivity index (χ3n) is 1.85. The molecule has 0 unspecified atom stereocenters. The highest BCUT2D eigenvalue weighted by Crippen LogP contribution is 2.26. The summed E-state index contributed by atoms with van der Waals surface area (Å²) in [6, 6.07) is 6.04. The summed E-state index contributed by atoms with van der Waals surface area (Å²) in [5, 5.41) is 2.91. The minimum absolute atomic E-state index is 0.851. The van der Waals surface area contributed by atoms with Crippen LogP contribution in [0.15, 0.2) is 29.8 Å². The molecule has 2 rings (SSSR count). The molecular weight excluding hydrogens is 180 g/mol. The van der Waals surface area contributed by atoms with Gasteiger partial charge in [0.05, 0.1) is 5.00 Å². The Balaban J connectivity index is 2.46. The summed E-state index contributed by atoms with van der Waals surface area (Å²) in [7, 11) is 0. The summed E-state index contributed by atoms with van der Waals surface area (Å²) in [5.74, 6) is 0. The molecule has 2 aromatic rings. The molecule has 2 heterocycles. The number of nitrogen functional groups attached to an aromatic ring is 1. The van der Waals surface area contributed by atoms with Crippen LogP contribution in [0, 0.1) is 6.92 Å². The fourth-order valence-electron chi connectivity index (χ4n) is 1.23. The van der Waals surface area contributed by atoms with Crippen molar-refractivity contribution in [2.75, 3.05) is 5.73 Å². The lowest BCUT2D eigenvalue weighted by atomic mass is 10.1. The first-order chi connectivity index (χ1) is 6.25. The van der Waals surface area contributed by atoms with Gasteiger partial charge >= 0.3 is 0 Å². The molecule has 66 valence electrons. The molecule has 0 amide bonds.